The summed E-state index contributed by atoms with van der Waals surface area (Å²) in [6, 6.07) is 62.1. The van der Waals surface area contributed by atoms with Gasteiger partial charge >= 0.3 is 0 Å². The van der Waals surface area contributed by atoms with Crippen molar-refractivity contribution in [2.45, 2.75) is 0 Å². The van der Waals surface area contributed by atoms with E-state index >= 15 is 0 Å². The summed E-state index contributed by atoms with van der Waals surface area (Å²) in [6.45, 7) is 0. The zero-order chi connectivity index (χ0) is 32.1. The number of benzene rings is 9. The predicted octanol–water partition coefficient (Wildman–Crippen LogP) is 12.7. The topological polar surface area (TPSA) is 17.3 Å². The van der Waals surface area contributed by atoms with Gasteiger partial charge in [-0.2, -0.15) is 0 Å². The van der Waals surface area contributed by atoms with Crippen LogP contribution in [0.4, 0.5) is 0 Å². The normalized spacial score (nSPS) is 12.1. The summed E-state index contributed by atoms with van der Waals surface area (Å²) in [5.41, 5.74) is 9.11. The Labute approximate surface area is 282 Å². The first-order chi connectivity index (χ1) is 24.3. The van der Waals surface area contributed by atoms with Gasteiger partial charge in [0, 0.05) is 10.8 Å². The first kappa shape index (κ1) is 26.5. The molecule has 0 aliphatic heterocycles. The molecule has 226 valence electrons. The van der Waals surface area contributed by atoms with Crippen molar-refractivity contribution in [2.75, 3.05) is 0 Å². The molecule has 0 aliphatic carbocycles. The lowest BCUT2D eigenvalue weighted by Gasteiger charge is -2.14. The molecule has 0 fully saturated rings. The molecule has 0 saturated carbocycles. The molecular weight excluding hydrogens is 593 g/mol. The molecule has 0 amide bonds. The fraction of sp³-hybridized carbons (Fsp3) is 0. The molecule has 2 nitrogen and oxygen atoms in total. The molecule has 0 radical (unpaired) electrons. The Morgan fingerprint density at radius 3 is 1.63 bits per heavy atom. The molecule has 2 heteroatoms. The number of pyridine rings is 1. The molecule has 2 heterocycles. The third kappa shape index (κ3) is 3.80. The maximum absolute atomic E-state index is 5.23. The van der Waals surface area contributed by atoms with Gasteiger partial charge in [0.05, 0.1) is 16.6 Å². The van der Waals surface area contributed by atoms with Crippen molar-refractivity contribution in [3.05, 3.63) is 170 Å². The van der Waals surface area contributed by atoms with Crippen LogP contribution < -0.4 is 0 Å². The molecule has 0 saturated heterocycles. The van der Waals surface area contributed by atoms with Gasteiger partial charge in [-0.3, -0.25) is 4.40 Å². The Kier molecular flexibility index (Phi) is 5.42. The highest BCUT2D eigenvalue weighted by molar-refractivity contribution is 6.26. The van der Waals surface area contributed by atoms with Crippen molar-refractivity contribution in [2.24, 2.45) is 0 Å². The summed E-state index contributed by atoms with van der Waals surface area (Å²) < 4.78 is 2.37. The van der Waals surface area contributed by atoms with Crippen LogP contribution in [0.3, 0.4) is 0 Å². The number of imidazole rings is 1. The first-order valence-corrected chi connectivity index (χ1v) is 16.9. The summed E-state index contributed by atoms with van der Waals surface area (Å²) in [5, 5.41) is 13.9. The summed E-state index contributed by atoms with van der Waals surface area (Å²) >= 11 is 0. The van der Waals surface area contributed by atoms with Gasteiger partial charge in [0.1, 0.15) is 5.65 Å². The predicted molar refractivity (Wildman–Crippen MR) is 209 cm³/mol. The van der Waals surface area contributed by atoms with Gasteiger partial charge in [-0.1, -0.05) is 140 Å². The smallest absolute Gasteiger partial charge is 0.147 e. The summed E-state index contributed by atoms with van der Waals surface area (Å²) in [6.07, 6.45) is 0. The fourth-order valence-electron chi connectivity index (χ4n) is 8.26. The molecule has 0 atom stereocenters. The first-order valence-electron chi connectivity index (χ1n) is 16.9. The van der Waals surface area contributed by atoms with Gasteiger partial charge in [0.15, 0.2) is 0 Å². The number of para-hydroxylation sites is 2. The molecular formula is C47H28N2. The second-order valence-corrected chi connectivity index (χ2v) is 13.1. The standard InChI is InChI=1S/C47H28N2/c1-2-13-34-29(10-1)20-25-41-40-24-22-33(28-45(40)49-44-19-8-7-18-43(44)48-47(49)46(34)41)31-12-9-11-30(26-31)32-21-23-39-37-16-4-3-14-35(37)36-15-5-6-17-38(36)42(39)27-32/h1-28H. The van der Waals surface area contributed by atoms with E-state index in [0.29, 0.717) is 0 Å². The van der Waals surface area contributed by atoms with Gasteiger partial charge < -0.3 is 0 Å². The van der Waals surface area contributed by atoms with E-state index in [2.05, 4.69) is 174 Å². The van der Waals surface area contributed by atoms with Crippen LogP contribution in [0.2, 0.25) is 0 Å². The Bertz CT molecular complexity index is 3130. The summed E-state index contributed by atoms with van der Waals surface area (Å²) in [5.74, 6) is 0. The van der Waals surface area contributed by atoms with E-state index in [1.807, 2.05) is 0 Å². The van der Waals surface area contributed by atoms with E-state index < -0.39 is 0 Å². The minimum atomic E-state index is 1.00. The molecule has 11 rings (SSSR count). The van der Waals surface area contributed by atoms with Gasteiger partial charge in [0.25, 0.3) is 0 Å². The minimum absolute atomic E-state index is 1.00. The van der Waals surface area contributed by atoms with E-state index in [-0.39, 0.29) is 0 Å². The van der Waals surface area contributed by atoms with E-state index in [9.17, 15) is 0 Å². The van der Waals surface area contributed by atoms with Gasteiger partial charge in [-0.25, -0.2) is 4.98 Å². The number of aromatic nitrogens is 2. The Balaban J connectivity index is 1.14. The molecule has 9 aromatic carbocycles. The fourth-order valence-corrected chi connectivity index (χ4v) is 8.26. The SMILES string of the molecule is c1cc(-c2ccc3c4ccccc4c4ccccc4c3c2)cc(-c2ccc3c4ccc5ccccc5c4c4nc5ccccc5n4c3c2)c1. The number of fused-ring (bicyclic) bond motifs is 16. The van der Waals surface area contributed by atoms with Crippen molar-refractivity contribution in [3.8, 4) is 22.3 Å². The molecule has 0 unspecified atom stereocenters. The van der Waals surface area contributed by atoms with Crippen molar-refractivity contribution >= 4 is 81.4 Å². The average molecular weight is 621 g/mol. The number of nitrogens with zero attached hydrogens (tertiary/aromatic N) is 2. The van der Waals surface area contributed by atoms with Crippen LogP contribution in [-0.2, 0) is 0 Å². The van der Waals surface area contributed by atoms with Crippen LogP contribution in [0, 0.1) is 0 Å². The van der Waals surface area contributed by atoms with Crippen LogP contribution in [0.1, 0.15) is 0 Å². The van der Waals surface area contributed by atoms with E-state index in [1.165, 1.54) is 87.0 Å². The second-order valence-electron chi connectivity index (χ2n) is 13.1. The van der Waals surface area contributed by atoms with Crippen molar-refractivity contribution < 1.29 is 0 Å². The van der Waals surface area contributed by atoms with Crippen molar-refractivity contribution in [1.29, 1.82) is 0 Å². The highest BCUT2D eigenvalue weighted by atomic mass is 15.0. The van der Waals surface area contributed by atoms with E-state index in [1.54, 1.807) is 0 Å². The lowest BCUT2D eigenvalue weighted by Crippen LogP contribution is -1.93. The average Bonchev–Trinajstić information content (AvgIpc) is 3.57. The van der Waals surface area contributed by atoms with Crippen LogP contribution >= 0.6 is 0 Å². The minimum Gasteiger partial charge on any atom is -0.292 e. The van der Waals surface area contributed by atoms with Crippen LogP contribution in [-0.4, -0.2) is 9.38 Å². The third-order valence-corrected chi connectivity index (χ3v) is 10.5. The molecule has 0 spiro atoms. The van der Waals surface area contributed by atoms with Crippen molar-refractivity contribution in [3.63, 3.8) is 0 Å². The maximum atomic E-state index is 5.23. The molecule has 11 aromatic rings. The van der Waals surface area contributed by atoms with E-state index in [0.717, 1.165) is 16.7 Å². The Hall–Kier alpha value is -6.51. The summed E-state index contributed by atoms with van der Waals surface area (Å²) in [7, 11) is 0. The lowest BCUT2D eigenvalue weighted by molar-refractivity contribution is 1.32. The lowest BCUT2D eigenvalue weighted by atomic mass is 9.91. The van der Waals surface area contributed by atoms with E-state index in [4.69, 9.17) is 4.98 Å². The van der Waals surface area contributed by atoms with Crippen LogP contribution in [0.5, 0.6) is 0 Å². The number of hydrogen-bond donors (Lipinski definition) is 0. The monoisotopic (exact) mass is 620 g/mol. The number of rotatable bonds is 2. The zero-order valence-electron chi connectivity index (χ0n) is 26.6. The van der Waals surface area contributed by atoms with Crippen molar-refractivity contribution in [1.82, 2.24) is 9.38 Å². The molecule has 0 aliphatic rings. The largest absolute Gasteiger partial charge is 0.292 e. The van der Waals surface area contributed by atoms with Crippen LogP contribution in [0.25, 0.3) is 104 Å². The second kappa shape index (κ2) is 10.00. The molecule has 2 aromatic heterocycles. The molecule has 0 N–H and O–H groups in total. The van der Waals surface area contributed by atoms with Crippen LogP contribution in [0.15, 0.2) is 170 Å². The Morgan fingerprint density at radius 2 is 0.878 bits per heavy atom. The van der Waals surface area contributed by atoms with Gasteiger partial charge in [-0.15, -0.1) is 0 Å². The number of hydrogen-bond acceptors (Lipinski definition) is 1. The maximum Gasteiger partial charge on any atom is 0.147 e. The van der Waals surface area contributed by atoms with Gasteiger partial charge in [-0.05, 0) is 101 Å². The highest BCUT2D eigenvalue weighted by Crippen LogP contribution is 2.40. The zero-order valence-corrected chi connectivity index (χ0v) is 26.6. The van der Waals surface area contributed by atoms with Gasteiger partial charge in [0.2, 0.25) is 0 Å². The molecule has 0 bridgehead atoms. The highest BCUT2D eigenvalue weighted by Gasteiger charge is 2.17. The quantitative estimate of drug-likeness (QED) is 0.176. The summed E-state index contributed by atoms with van der Waals surface area (Å²) in [4.78, 5) is 5.23. The third-order valence-electron chi connectivity index (χ3n) is 10.5. The molecule has 49 heavy (non-hydrogen) atoms. The Morgan fingerprint density at radius 1 is 0.327 bits per heavy atom.